The van der Waals surface area contributed by atoms with Crippen LogP contribution in [0.25, 0.3) is 11.1 Å². The van der Waals surface area contributed by atoms with Gasteiger partial charge in [-0.1, -0.05) is 40.2 Å². The van der Waals surface area contributed by atoms with E-state index in [1.807, 2.05) is 49.5 Å². The van der Waals surface area contributed by atoms with Crippen LogP contribution in [-0.4, -0.2) is 13.5 Å². The van der Waals surface area contributed by atoms with E-state index in [2.05, 4.69) is 26.6 Å². The summed E-state index contributed by atoms with van der Waals surface area (Å²) < 4.78 is 1.04. The van der Waals surface area contributed by atoms with E-state index in [1.54, 1.807) is 0 Å². The van der Waals surface area contributed by atoms with Crippen LogP contribution in [-0.2, 0) is 4.79 Å². The molecule has 0 spiro atoms. The van der Waals surface area contributed by atoms with Crippen molar-refractivity contribution in [1.82, 2.24) is 0 Å². The van der Waals surface area contributed by atoms with Crippen molar-refractivity contribution in [2.45, 2.75) is 0 Å². The molecule has 0 unspecified atom stereocenters. The molecule has 0 saturated heterocycles. The lowest BCUT2D eigenvalue weighted by Crippen LogP contribution is -1.99. The predicted molar refractivity (Wildman–Crippen MR) is 78.8 cm³/mol. The smallest absolute Gasteiger partial charge is 0.211 e. The molecule has 0 fully saturated rings. The third-order valence-corrected chi connectivity index (χ3v) is 3.38. The first-order valence-electron chi connectivity index (χ1n) is 5.53. The molecule has 18 heavy (non-hydrogen) atoms. The van der Waals surface area contributed by atoms with Gasteiger partial charge in [0.1, 0.15) is 0 Å². The molecule has 0 bridgehead atoms. The van der Waals surface area contributed by atoms with Gasteiger partial charge in [-0.15, -0.1) is 0 Å². The van der Waals surface area contributed by atoms with Crippen LogP contribution in [0.1, 0.15) is 0 Å². The maximum Gasteiger partial charge on any atom is 0.211 e. The Balaban J connectivity index is 2.47. The topological polar surface area (TPSA) is 41.1 Å². The highest BCUT2D eigenvalue weighted by Crippen LogP contribution is 2.32. The number of halogens is 1. The minimum atomic E-state index is 0.675. The van der Waals surface area contributed by atoms with Gasteiger partial charge in [0.2, 0.25) is 6.41 Å². The highest BCUT2D eigenvalue weighted by Gasteiger charge is 2.06. The largest absolute Gasteiger partial charge is 0.386 e. The van der Waals surface area contributed by atoms with Crippen LogP contribution in [0.3, 0.4) is 0 Å². The van der Waals surface area contributed by atoms with Crippen LogP contribution in [0, 0.1) is 0 Å². The summed E-state index contributed by atoms with van der Waals surface area (Å²) in [7, 11) is 1.83. The molecule has 0 aliphatic heterocycles. The van der Waals surface area contributed by atoms with Crippen molar-refractivity contribution < 1.29 is 4.79 Å². The molecule has 3 nitrogen and oxygen atoms in total. The summed E-state index contributed by atoms with van der Waals surface area (Å²) in [6, 6.07) is 13.9. The summed E-state index contributed by atoms with van der Waals surface area (Å²) >= 11 is 3.54. The van der Waals surface area contributed by atoms with Gasteiger partial charge in [0.15, 0.2) is 0 Å². The van der Waals surface area contributed by atoms with Gasteiger partial charge in [-0.2, -0.15) is 0 Å². The van der Waals surface area contributed by atoms with Crippen LogP contribution in [0.4, 0.5) is 11.4 Å². The molecule has 0 aromatic heterocycles. The van der Waals surface area contributed by atoms with Gasteiger partial charge >= 0.3 is 0 Å². The Morgan fingerprint density at radius 1 is 1.11 bits per heavy atom. The predicted octanol–water partition coefficient (Wildman–Crippen LogP) is 3.73. The van der Waals surface area contributed by atoms with E-state index in [1.165, 1.54) is 0 Å². The van der Waals surface area contributed by atoms with E-state index in [0.29, 0.717) is 6.41 Å². The molecule has 2 aromatic rings. The molecule has 2 N–H and O–H groups in total. The van der Waals surface area contributed by atoms with Gasteiger partial charge in [0, 0.05) is 11.5 Å². The number of hydrogen-bond acceptors (Lipinski definition) is 2. The zero-order valence-corrected chi connectivity index (χ0v) is 11.5. The normalized spacial score (nSPS) is 9.89. The standard InChI is InChI=1S/C14H13BrN2O/c1-16-14-8-10(6-7-13(14)17-9-18)11-4-2-3-5-12(11)15/h2-9,16H,1H3,(H,17,18). The van der Waals surface area contributed by atoms with Gasteiger partial charge < -0.3 is 10.6 Å². The van der Waals surface area contributed by atoms with E-state index in [0.717, 1.165) is 27.0 Å². The molecule has 0 radical (unpaired) electrons. The Morgan fingerprint density at radius 3 is 2.56 bits per heavy atom. The molecule has 0 aliphatic carbocycles. The maximum absolute atomic E-state index is 10.5. The summed E-state index contributed by atoms with van der Waals surface area (Å²) in [5.74, 6) is 0. The van der Waals surface area contributed by atoms with Gasteiger partial charge in [-0.3, -0.25) is 4.79 Å². The second kappa shape index (κ2) is 5.69. The lowest BCUT2D eigenvalue weighted by atomic mass is 10.0. The molecule has 0 heterocycles. The first kappa shape index (κ1) is 12.6. The van der Waals surface area contributed by atoms with Gasteiger partial charge in [-0.25, -0.2) is 0 Å². The highest BCUT2D eigenvalue weighted by molar-refractivity contribution is 9.10. The summed E-state index contributed by atoms with van der Waals surface area (Å²) in [5, 5.41) is 5.74. The molecule has 1 amide bonds. The van der Waals surface area contributed by atoms with E-state index in [9.17, 15) is 4.79 Å². The van der Waals surface area contributed by atoms with Crippen molar-refractivity contribution in [3.63, 3.8) is 0 Å². The molecule has 0 aliphatic rings. The van der Waals surface area contributed by atoms with Crippen molar-refractivity contribution in [3.8, 4) is 11.1 Å². The monoisotopic (exact) mass is 304 g/mol. The molecule has 0 atom stereocenters. The number of carbonyl (C=O) groups excluding carboxylic acids is 1. The van der Waals surface area contributed by atoms with Crippen molar-refractivity contribution in [3.05, 3.63) is 46.9 Å². The van der Waals surface area contributed by atoms with Crippen LogP contribution in [0.15, 0.2) is 46.9 Å². The van der Waals surface area contributed by atoms with E-state index < -0.39 is 0 Å². The number of benzene rings is 2. The molecule has 2 aromatic carbocycles. The van der Waals surface area contributed by atoms with Crippen LogP contribution < -0.4 is 10.6 Å². The van der Waals surface area contributed by atoms with Gasteiger partial charge in [0.25, 0.3) is 0 Å². The Kier molecular flexibility index (Phi) is 3.99. The lowest BCUT2D eigenvalue weighted by molar-refractivity contribution is -0.105. The van der Waals surface area contributed by atoms with E-state index in [4.69, 9.17) is 0 Å². The van der Waals surface area contributed by atoms with Crippen molar-refractivity contribution in [2.75, 3.05) is 17.7 Å². The molecule has 4 heteroatoms. The molecular weight excluding hydrogens is 292 g/mol. The van der Waals surface area contributed by atoms with E-state index >= 15 is 0 Å². The number of amides is 1. The maximum atomic E-state index is 10.5. The number of anilines is 2. The van der Waals surface area contributed by atoms with Crippen LogP contribution in [0.2, 0.25) is 0 Å². The first-order chi connectivity index (χ1) is 8.76. The molecular formula is C14H13BrN2O. The molecule has 2 rings (SSSR count). The van der Waals surface area contributed by atoms with Crippen LogP contribution in [0.5, 0.6) is 0 Å². The summed E-state index contributed by atoms with van der Waals surface area (Å²) in [5.41, 5.74) is 3.86. The fourth-order valence-corrected chi connectivity index (χ4v) is 2.32. The average molecular weight is 305 g/mol. The minimum absolute atomic E-state index is 0.675. The fraction of sp³-hybridized carbons (Fsp3) is 0.0714. The number of nitrogens with one attached hydrogen (secondary N) is 2. The van der Waals surface area contributed by atoms with E-state index in [-0.39, 0.29) is 0 Å². The quantitative estimate of drug-likeness (QED) is 0.845. The summed E-state index contributed by atoms with van der Waals surface area (Å²) in [4.78, 5) is 10.5. The Bertz CT molecular complexity index is 569. The van der Waals surface area contributed by atoms with Gasteiger partial charge in [0.05, 0.1) is 11.4 Å². The zero-order chi connectivity index (χ0) is 13.0. The minimum Gasteiger partial charge on any atom is -0.386 e. The molecule has 0 saturated carbocycles. The first-order valence-corrected chi connectivity index (χ1v) is 6.32. The fourth-order valence-electron chi connectivity index (χ4n) is 1.80. The van der Waals surface area contributed by atoms with Crippen LogP contribution >= 0.6 is 15.9 Å². The molecule has 92 valence electrons. The lowest BCUT2D eigenvalue weighted by Gasteiger charge is -2.11. The Morgan fingerprint density at radius 2 is 1.89 bits per heavy atom. The number of hydrogen-bond donors (Lipinski definition) is 2. The van der Waals surface area contributed by atoms with Crippen molar-refractivity contribution in [2.24, 2.45) is 0 Å². The van der Waals surface area contributed by atoms with Gasteiger partial charge in [-0.05, 0) is 29.3 Å². The van der Waals surface area contributed by atoms with Crippen molar-refractivity contribution in [1.29, 1.82) is 0 Å². The SMILES string of the molecule is CNc1cc(-c2ccccc2Br)ccc1NC=O. The second-order valence-electron chi connectivity index (χ2n) is 3.75. The number of carbonyl (C=O) groups is 1. The third kappa shape index (κ3) is 2.54. The second-order valence-corrected chi connectivity index (χ2v) is 4.61. The zero-order valence-electron chi connectivity index (χ0n) is 9.91. The average Bonchev–Trinajstić information content (AvgIpc) is 2.40. The van der Waals surface area contributed by atoms with Crippen molar-refractivity contribution >= 4 is 33.7 Å². The number of rotatable bonds is 4. The summed E-state index contributed by atoms with van der Waals surface area (Å²) in [6.07, 6.45) is 0.675. The third-order valence-electron chi connectivity index (χ3n) is 2.69. The Labute approximate surface area is 114 Å². The highest BCUT2D eigenvalue weighted by atomic mass is 79.9. The Hall–Kier alpha value is -1.81. The summed E-state index contributed by atoms with van der Waals surface area (Å²) in [6.45, 7) is 0.